The van der Waals surface area contributed by atoms with E-state index in [0.717, 1.165) is 41.6 Å². The summed E-state index contributed by atoms with van der Waals surface area (Å²) in [4.78, 5) is 17.7. The molecule has 3 heterocycles. The van der Waals surface area contributed by atoms with Gasteiger partial charge in [-0.15, -0.1) is 0 Å². The molecule has 2 aliphatic heterocycles. The number of nitrogens with zero attached hydrogens (tertiary/aromatic N) is 3. The van der Waals surface area contributed by atoms with Crippen LogP contribution in [-0.4, -0.2) is 34.6 Å². The molecule has 0 saturated carbocycles. The minimum Gasteiger partial charge on any atom is -0.492 e. The molecule has 1 atom stereocenters. The molecule has 1 fully saturated rings. The van der Waals surface area contributed by atoms with Crippen LogP contribution in [0.3, 0.4) is 0 Å². The van der Waals surface area contributed by atoms with Gasteiger partial charge in [-0.3, -0.25) is 14.2 Å². The number of hydrogen-bond donors (Lipinski definition) is 0. The highest BCUT2D eigenvalue weighted by Crippen LogP contribution is 2.33. The van der Waals surface area contributed by atoms with Crippen LogP contribution in [0.15, 0.2) is 27.7 Å². The molecular weight excluding hydrogens is 434 g/mol. The van der Waals surface area contributed by atoms with Crippen molar-refractivity contribution < 1.29 is 14.3 Å². The Morgan fingerprint density at radius 2 is 2.07 bits per heavy atom. The summed E-state index contributed by atoms with van der Waals surface area (Å²) in [5, 5.41) is 0. The molecule has 0 bridgehead atoms. The van der Waals surface area contributed by atoms with E-state index in [2.05, 4.69) is 51.1 Å². The van der Waals surface area contributed by atoms with Gasteiger partial charge in [-0.05, 0) is 30.5 Å². The van der Waals surface area contributed by atoms with E-state index < -0.39 is 0 Å². The molecule has 1 aromatic heterocycles. The summed E-state index contributed by atoms with van der Waals surface area (Å²) < 4.78 is 16.6. The Hall–Kier alpha value is -1.86. The smallest absolute Gasteiger partial charge is 0.282 e. The van der Waals surface area contributed by atoms with Crippen LogP contribution in [0.4, 0.5) is 0 Å². The average molecular weight is 462 g/mol. The van der Waals surface area contributed by atoms with Gasteiger partial charge >= 0.3 is 0 Å². The molecule has 0 N–H and O–H groups in total. The monoisotopic (exact) mass is 461 g/mol. The highest BCUT2D eigenvalue weighted by molar-refractivity contribution is 9.10. The lowest BCUT2D eigenvalue weighted by Gasteiger charge is -2.21. The first-order valence-corrected chi connectivity index (χ1v) is 11.0. The summed E-state index contributed by atoms with van der Waals surface area (Å²) in [5.41, 5.74) is 3.27. The number of hydrogen-bond acceptors (Lipinski definition) is 3. The molecule has 0 aliphatic carbocycles. The Labute approximate surface area is 179 Å². The van der Waals surface area contributed by atoms with E-state index in [-0.39, 0.29) is 17.4 Å². The average Bonchev–Trinajstić information content (AvgIpc) is 3.37. The van der Waals surface area contributed by atoms with Gasteiger partial charge in [0.2, 0.25) is 0 Å². The predicted molar refractivity (Wildman–Crippen MR) is 114 cm³/mol. The maximum Gasteiger partial charge on any atom is 0.282 e. The Balaban J connectivity index is 1.79. The van der Waals surface area contributed by atoms with Gasteiger partial charge in [0.15, 0.2) is 5.49 Å². The maximum atomic E-state index is 13.2. The van der Waals surface area contributed by atoms with Crippen LogP contribution in [0.2, 0.25) is 0 Å². The van der Waals surface area contributed by atoms with E-state index in [1.54, 1.807) is 6.07 Å². The third-order valence-electron chi connectivity index (χ3n) is 5.60. The standard InChI is InChI=1S/C22H28BrN3O3/c1-22(2,3)18-12-19(26(25(18)4)13-16-6-5-8-28-16)24-21(27)17-11-15(23)10-14-7-9-29-20(14)17/h10-12,16H,5-9,13H2,1-4H3/b24-19+/t16-/m1/s1. The van der Waals surface area contributed by atoms with Gasteiger partial charge in [-0.2, -0.15) is 4.99 Å². The number of carbonyl (C=O) groups is 1. The number of carbonyl (C=O) groups excluding carboxylic acids is 1. The molecule has 1 aromatic carbocycles. The summed E-state index contributed by atoms with van der Waals surface area (Å²) in [6.45, 7) is 8.59. The third kappa shape index (κ3) is 4.08. The zero-order valence-electron chi connectivity index (χ0n) is 17.5. The van der Waals surface area contributed by atoms with E-state index in [1.165, 1.54) is 0 Å². The quantitative estimate of drug-likeness (QED) is 0.699. The summed E-state index contributed by atoms with van der Waals surface area (Å²) >= 11 is 3.51. The van der Waals surface area contributed by atoms with Crippen molar-refractivity contribution in [3.63, 3.8) is 0 Å². The largest absolute Gasteiger partial charge is 0.492 e. The Kier molecular flexibility index (Phi) is 5.46. The Morgan fingerprint density at radius 3 is 2.76 bits per heavy atom. The maximum absolute atomic E-state index is 13.2. The zero-order valence-corrected chi connectivity index (χ0v) is 19.1. The van der Waals surface area contributed by atoms with Gasteiger partial charge in [0.25, 0.3) is 5.91 Å². The second-order valence-electron chi connectivity index (χ2n) is 8.84. The SMILES string of the molecule is Cn1c(C(C)(C)C)c/c(=N\C(=O)c2cc(Br)cc3c2OCC3)n1C[C@H]1CCCO1. The highest BCUT2D eigenvalue weighted by Gasteiger charge is 2.25. The van der Waals surface area contributed by atoms with Crippen molar-refractivity contribution >= 4 is 21.8 Å². The minimum atomic E-state index is -0.281. The molecule has 156 valence electrons. The topological polar surface area (TPSA) is 57.8 Å². The molecule has 29 heavy (non-hydrogen) atoms. The van der Waals surface area contributed by atoms with Crippen molar-refractivity contribution in [1.29, 1.82) is 0 Å². The van der Waals surface area contributed by atoms with E-state index in [0.29, 0.717) is 30.0 Å². The van der Waals surface area contributed by atoms with E-state index >= 15 is 0 Å². The fraction of sp³-hybridized carbons (Fsp3) is 0.545. The van der Waals surface area contributed by atoms with E-state index in [4.69, 9.17) is 9.47 Å². The van der Waals surface area contributed by atoms with Gasteiger partial charge in [-0.25, -0.2) is 0 Å². The molecule has 4 rings (SSSR count). The predicted octanol–water partition coefficient (Wildman–Crippen LogP) is 3.74. The number of rotatable bonds is 3. The van der Waals surface area contributed by atoms with Crippen molar-refractivity contribution in [2.24, 2.45) is 12.0 Å². The van der Waals surface area contributed by atoms with Crippen LogP contribution in [0.5, 0.6) is 5.75 Å². The summed E-state index contributed by atoms with van der Waals surface area (Å²) in [5.74, 6) is 0.385. The van der Waals surface area contributed by atoms with Gasteiger partial charge < -0.3 is 9.47 Å². The van der Waals surface area contributed by atoms with E-state index in [1.807, 2.05) is 19.2 Å². The fourth-order valence-corrected chi connectivity index (χ4v) is 4.66. The van der Waals surface area contributed by atoms with Crippen molar-refractivity contribution in [3.05, 3.63) is 45.0 Å². The molecule has 7 heteroatoms. The van der Waals surface area contributed by atoms with E-state index in [9.17, 15) is 4.79 Å². The van der Waals surface area contributed by atoms with Gasteiger partial charge in [0, 0.05) is 41.7 Å². The Bertz CT molecular complexity index is 1010. The normalized spacial score (nSPS) is 19.5. The van der Waals surface area contributed by atoms with Gasteiger partial charge in [0.05, 0.1) is 24.8 Å². The van der Waals surface area contributed by atoms with Crippen LogP contribution < -0.4 is 10.2 Å². The van der Waals surface area contributed by atoms with Crippen LogP contribution in [-0.2, 0) is 30.2 Å². The molecule has 0 spiro atoms. The number of aromatic nitrogens is 2. The first-order valence-electron chi connectivity index (χ1n) is 10.2. The van der Waals surface area contributed by atoms with Crippen molar-refractivity contribution in [3.8, 4) is 5.75 Å². The number of halogens is 1. The molecule has 6 nitrogen and oxygen atoms in total. The van der Waals surface area contributed by atoms with Crippen molar-refractivity contribution in [2.75, 3.05) is 13.2 Å². The van der Waals surface area contributed by atoms with Gasteiger partial charge in [0.1, 0.15) is 5.75 Å². The van der Waals surface area contributed by atoms with Crippen LogP contribution in [0.1, 0.15) is 55.2 Å². The first kappa shape index (κ1) is 20.4. The molecule has 2 aliphatic rings. The van der Waals surface area contributed by atoms with Crippen LogP contribution in [0.25, 0.3) is 0 Å². The van der Waals surface area contributed by atoms with Crippen LogP contribution >= 0.6 is 15.9 Å². The van der Waals surface area contributed by atoms with Crippen molar-refractivity contribution in [2.45, 2.75) is 58.1 Å². The molecule has 0 radical (unpaired) electrons. The lowest BCUT2D eigenvalue weighted by atomic mass is 9.92. The highest BCUT2D eigenvalue weighted by atomic mass is 79.9. The molecule has 1 amide bonds. The second-order valence-corrected chi connectivity index (χ2v) is 9.75. The summed E-state index contributed by atoms with van der Waals surface area (Å²) in [6, 6.07) is 5.83. The lowest BCUT2D eigenvalue weighted by Crippen LogP contribution is -2.30. The summed E-state index contributed by atoms with van der Waals surface area (Å²) in [7, 11) is 2.03. The number of ether oxygens (including phenoxy) is 2. The van der Waals surface area contributed by atoms with Gasteiger partial charge in [-0.1, -0.05) is 36.7 Å². The molecule has 0 unspecified atom stereocenters. The fourth-order valence-electron chi connectivity index (χ4n) is 4.16. The summed E-state index contributed by atoms with van der Waals surface area (Å²) in [6.07, 6.45) is 3.08. The van der Waals surface area contributed by atoms with Crippen LogP contribution in [0, 0.1) is 0 Å². The lowest BCUT2D eigenvalue weighted by molar-refractivity contribution is 0.0885. The molecule has 1 saturated heterocycles. The zero-order chi connectivity index (χ0) is 20.8. The van der Waals surface area contributed by atoms with Crippen molar-refractivity contribution in [1.82, 2.24) is 9.36 Å². The molecular formula is C22H28BrN3O3. The first-order chi connectivity index (χ1) is 13.7. The number of fused-ring (bicyclic) bond motifs is 1. The number of benzene rings is 1. The second kappa shape index (κ2) is 7.76. The Morgan fingerprint density at radius 1 is 1.28 bits per heavy atom. The minimum absolute atomic E-state index is 0.0655. The molecule has 2 aromatic rings. The third-order valence-corrected chi connectivity index (χ3v) is 6.06. The number of amides is 1.